The number of hydrogen-bond donors (Lipinski definition) is 3. The van der Waals surface area contributed by atoms with Gasteiger partial charge in [0.15, 0.2) is 0 Å². The number of hydrogen-bond acceptors (Lipinski definition) is 4. The molecule has 1 amide bonds. The molecule has 0 fully saturated rings. The van der Waals surface area contributed by atoms with E-state index in [-0.39, 0.29) is 18.4 Å². The van der Waals surface area contributed by atoms with Crippen LogP contribution in [0.15, 0.2) is 0 Å². The Morgan fingerprint density at radius 1 is 1.50 bits per heavy atom. The molecule has 0 heterocycles. The number of thioether (sulfide) groups is 1. The highest BCUT2D eigenvalue weighted by Gasteiger charge is 2.22. The number of carbonyl (C=O) groups excluding carboxylic acids is 1. The maximum Gasteiger partial charge on any atom is 0.326 e. The molecule has 0 spiro atoms. The Bertz CT molecular complexity index is 232. The minimum atomic E-state index is -0.991. The van der Waals surface area contributed by atoms with Crippen LogP contribution in [0, 0.1) is 5.92 Å². The fourth-order valence-corrected chi connectivity index (χ4v) is 1.71. The first kappa shape index (κ1) is 15.2. The third kappa shape index (κ3) is 5.37. The van der Waals surface area contributed by atoms with E-state index in [0.717, 1.165) is 0 Å². The molecule has 1 unspecified atom stereocenters. The van der Waals surface area contributed by atoms with Crippen LogP contribution >= 0.6 is 11.8 Å². The van der Waals surface area contributed by atoms with Crippen molar-refractivity contribution in [1.29, 1.82) is 0 Å². The highest BCUT2D eigenvalue weighted by Crippen LogP contribution is 2.04. The van der Waals surface area contributed by atoms with Gasteiger partial charge in [0.1, 0.15) is 6.04 Å². The van der Waals surface area contributed by atoms with Gasteiger partial charge in [0.2, 0.25) is 5.91 Å². The molecule has 94 valence electrons. The third-order valence-corrected chi connectivity index (χ3v) is 3.02. The average molecular weight is 248 g/mol. The number of carbonyl (C=O) groups is 2. The molecule has 0 aromatic carbocycles. The molecule has 16 heavy (non-hydrogen) atoms. The zero-order chi connectivity index (χ0) is 12.6. The van der Waals surface area contributed by atoms with Crippen LogP contribution < -0.4 is 11.1 Å². The summed E-state index contributed by atoms with van der Waals surface area (Å²) in [7, 11) is 0. The molecule has 0 bridgehead atoms. The maximum atomic E-state index is 11.6. The SMILES string of the molecule is CCC(CN)C(=O)N[C@H](CCSC)C(=O)O. The zero-order valence-electron chi connectivity index (χ0n) is 9.73. The normalized spacial score (nSPS) is 14.2. The fraction of sp³-hybridized carbons (Fsp3) is 0.800. The highest BCUT2D eigenvalue weighted by molar-refractivity contribution is 7.98. The van der Waals surface area contributed by atoms with Crippen molar-refractivity contribution in [3.63, 3.8) is 0 Å². The van der Waals surface area contributed by atoms with E-state index in [2.05, 4.69) is 5.32 Å². The van der Waals surface area contributed by atoms with E-state index in [0.29, 0.717) is 18.6 Å². The van der Waals surface area contributed by atoms with Crippen molar-refractivity contribution in [3.8, 4) is 0 Å². The predicted octanol–water partition coefficient (Wildman–Crippen LogP) is 0.294. The number of amides is 1. The van der Waals surface area contributed by atoms with Gasteiger partial charge in [0, 0.05) is 12.5 Å². The van der Waals surface area contributed by atoms with Crippen LogP contribution in [-0.2, 0) is 9.59 Å². The van der Waals surface area contributed by atoms with Crippen molar-refractivity contribution in [3.05, 3.63) is 0 Å². The molecule has 0 rings (SSSR count). The molecular weight excluding hydrogens is 228 g/mol. The Morgan fingerprint density at radius 3 is 2.50 bits per heavy atom. The number of nitrogens with one attached hydrogen (secondary N) is 1. The minimum Gasteiger partial charge on any atom is -0.480 e. The van der Waals surface area contributed by atoms with Crippen molar-refractivity contribution >= 4 is 23.6 Å². The Kier molecular flexibility index (Phi) is 8.01. The molecule has 0 saturated carbocycles. The Labute approximate surface area is 100 Å². The third-order valence-electron chi connectivity index (χ3n) is 2.37. The summed E-state index contributed by atoms with van der Waals surface area (Å²) in [6.07, 6.45) is 2.95. The Hall–Kier alpha value is -0.750. The topological polar surface area (TPSA) is 92.4 Å². The van der Waals surface area contributed by atoms with Crippen LogP contribution in [-0.4, -0.2) is 41.6 Å². The van der Waals surface area contributed by atoms with Crippen molar-refractivity contribution < 1.29 is 14.7 Å². The highest BCUT2D eigenvalue weighted by atomic mass is 32.2. The summed E-state index contributed by atoms with van der Waals surface area (Å²) in [4.78, 5) is 22.5. The van der Waals surface area contributed by atoms with Crippen LogP contribution in [0.2, 0.25) is 0 Å². The van der Waals surface area contributed by atoms with Crippen molar-refractivity contribution in [2.45, 2.75) is 25.8 Å². The first-order valence-electron chi connectivity index (χ1n) is 5.28. The Morgan fingerprint density at radius 2 is 2.12 bits per heavy atom. The van der Waals surface area contributed by atoms with Gasteiger partial charge in [-0.2, -0.15) is 11.8 Å². The van der Waals surface area contributed by atoms with Crippen LogP contribution in [0.25, 0.3) is 0 Å². The first-order chi connectivity index (χ1) is 7.56. The second-order valence-electron chi connectivity index (χ2n) is 3.52. The molecule has 2 atom stereocenters. The van der Waals surface area contributed by atoms with Gasteiger partial charge < -0.3 is 16.2 Å². The molecule has 0 radical (unpaired) electrons. The molecule has 0 aliphatic heterocycles. The van der Waals surface area contributed by atoms with Gasteiger partial charge in [-0.1, -0.05) is 6.92 Å². The van der Waals surface area contributed by atoms with Crippen molar-refractivity contribution in [1.82, 2.24) is 5.32 Å². The van der Waals surface area contributed by atoms with E-state index < -0.39 is 12.0 Å². The predicted molar refractivity (Wildman–Crippen MR) is 65.4 cm³/mol. The molecule has 0 aliphatic carbocycles. The lowest BCUT2D eigenvalue weighted by molar-refractivity contribution is -0.142. The summed E-state index contributed by atoms with van der Waals surface area (Å²) in [5.41, 5.74) is 5.42. The fourth-order valence-electron chi connectivity index (χ4n) is 1.24. The first-order valence-corrected chi connectivity index (χ1v) is 6.68. The van der Waals surface area contributed by atoms with Crippen LogP contribution in [0.3, 0.4) is 0 Å². The zero-order valence-corrected chi connectivity index (χ0v) is 10.5. The van der Waals surface area contributed by atoms with Gasteiger partial charge in [-0.3, -0.25) is 4.79 Å². The molecular formula is C10H20N2O3S. The number of aliphatic carboxylic acids is 1. The van der Waals surface area contributed by atoms with E-state index in [1.807, 2.05) is 13.2 Å². The molecule has 0 aromatic rings. The average Bonchev–Trinajstić information content (AvgIpc) is 2.25. The molecule has 6 heteroatoms. The standard InChI is InChI=1S/C10H20N2O3S/c1-3-7(6-11)9(13)12-8(10(14)15)4-5-16-2/h7-8H,3-6,11H2,1-2H3,(H,12,13)(H,14,15)/t7?,8-/m1/s1. The van der Waals surface area contributed by atoms with Gasteiger partial charge in [0.05, 0.1) is 0 Å². The van der Waals surface area contributed by atoms with E-state index in [1.165, 1.54) is 0 Å². The largest absolute Gasteiger partial charge is 0.480 e. The van der Waals surface area contributed by atoms with Gasteiger partial charge >= 0.3 is 5.97 Å². The van der Waals surface area contributed by atoms with E-state index in [9.17, 15) is 9.59 Å². The van der Waals surface area contributed by atoms with Crippen LogP contribution in [0.5, 0.6) is 0 Å². The monoisotopic (exact) mass is 248 g/mol. The van der Waals surface area contributed by atoms with E-state index >= 15 is 0 Å². The molecule has 0 saturated heterocycles. The lowest BCUT2D eigenvalue weighted by atomic mass is 10.1. The van der Waals surface area contributed by atoms with Gasteiger partial charge in [-0.05, 0) is 24.9 Å². The summed E-state index contributed by atoms with van der Waals surface area (Å²) in [5.74, 6) is -0.847. The quantitative estimate of drug-likeness (QED) is 0.574. The number of rotatable bonds is 8. The maximum absolute atomic E-state index is 11.6. The van der Waals surface area contributed by atoms with Crippen LogP contribution in [0.4, 0.5) is 0 Å². The summed E-state index contributed by atoms with van der Waals surface area (Å²) in [6.45, 7) is 2.10. The summed E-state index contributed by atoms with van der Waals surface area (Å²) < 4.78 is 0. The van der Waals surface area contributed by atoms with E-state index in [1.54, 1.807) is 11.8 Å². The second kappa shape index (κ2) is 8.41. The molecule has 0 aromatic heterocycles. The van der Waals surface area contributed by atoms with Gasteiger partial charge in [-0.15, -0.1) is 0 Å². The van der Waals surface area contributed by atoms with Crippen LogP contribution in [0.1, 0.15) is 19.8 Å². The summed E-state index contributed by atoms with van der Waals surface area (Å²) >= 11 is 1.56. The molecule has 0 aliphatic rings. The Balaban J connectivity index is 4.27. The van der Waals surface area contributed by atoms with Crippen molar-refractivity contribution in [2.24, 2.45) is 11.7 Å². The summed E-state index contributed by atoms with van der Waals surface area (Å²) in [6, 6.07) is -0.805. The number of nitrogens with two attached hydrogens (primary N) is 1. The summed E-state index contributed by atoms with van der Waals surface area (Å²) in [5, 5.41) is 11.4. The number of carboxylic acid groups (broad SMARTS) is 1. The van der Waals surface area contributed by atoms with E-state index in [4.69, 9.17) is 10.8 Å². The van der Waals surface area contributed by atoms with Crippen molar-refractivity contribution in [2.75, 3.05) is 18.6 Å². The lowest BCUT2D eigenvalue weighted by Crippen LogP contribution is -2.45. The smallest absolute Gasteiger partial charge is 0.326 e. The number of carboxylic acids is 1. The second-order valence-corrected chi connectivity index (χ2v) is 4.51. The van der Waals surface area contributed by atoms with Gasteiger partial charge in [-0.25, -0.2) is 4.79 Å². The lowest BCUT2D eigenvalue weighted by Gasteiger charge is -2.18. The minimum absolute atomic E-state index is 0.247. The van der Waals surface area contributed by atoms with Gasteiger partial charge in [0.25, 0.3) is 0 Å². The molecule has 4 N–H and O–H groups in total. The molecule has 5 nitrogen and oxygen atoms in total.